The highest BCUT2D eigenvalue weighted by atomic mass is 16.7. The van der Waals surface area contributed by atoms with Gasteiger partial charge < -0.3 is 23.7 Å². The van der Waals surface area contributed by atoms with Gasteiger partial charge in [0.15, 0.2) is 22.5 Å². The minimum Gasteiger partial charge on any atom is -0.454 e. The molecule has 1 spiro atoms. The molecular weight excluding hydrogens is 472 g/mol. The van der Waals surface area contributed by atoms with E-state index in [1.807, 2.05) is 50.2 Å². The number of para-hydroxylation sites is 1. The minimum atomic E-state index is -1.64. The maximum absolute atomic E-state index is 14.4. The van der Waals surface area contributed by atoms with Gasteiger partial charge in [0.1, 0.15) is 5.58 Å². The fraction of sp³-hybridized carbons (Fsp3) is 0.207. The lowest BCUT2D eigenvalue weighted by Crippen LogP contribution is -2.53. The smallest absolute Gasteiger partial charge is 0.291 e. The summed E-state index contributed by atoms with van der Waals surface area (Å²) in [6.07, 6.45) is 0. The zero-order valence-corrected chi connectivity index (χ0v) is 20.2. The average molecular weight is 495 g/mol. The largest absolute Gasteiger partial charge is 0.454 e. The number of rotatable bonds is 3. The van der Waals surface area contributed by atoms with Crippen LogP contribution in [0.15, 0.2) is 69.9 Å². The number of carbonyl (C=O) groups is 2. The fourth-order valence-electron chi connectivity index (χ4n) is 5.86. The van der Waals surface area contributed by atoms with Crippen LogP contribution in [0.1, 0.15) is 39.7 Å². The van der Waals surface area contributed by atoms with E-state index in [9.17, 15) is 14.4 Å². The van der Waals surface area contributed by atoms with E-state index in [4.69, 9.17) is 13.9 Å². The third-order valence-electron chi connectivity index (χ3n) is 7.49. The van der Waals surface area contributed by atoms with Crippen LogP contribution < -0.4 is 19.8 Å². The number of amides is 2. The van der Waals surface area contributed by atoms with Gasteiger partial charge in [-0.1, -0.05) is 35.9 Å². The Labute approximate surface area is 211 Å². The molecule has 1 unspecified atom stereocenters. The van der Waals surface area contributed by atoms with Crippen molar-refractivity contribution in [3.63, 3.8) is 0 Å². The zero-order chi connectivity index (χ0) is 25.5. The Balaban J connectivity index is 1.53. The molecule has 0 radical (unpaired) electrons. The summed E-state index contributed by atoms with van der Waals surface area (Å²) in [6.45, 7) is 4.33. The lowest BCUT2D eigenvalue weighted by molar-refractivity contribution is -0.126. The monoisotopic (exact) mass is 494 g/mol. The lowest BCUT2D eigenvalue weighted by atomic mass is 9.83. The summed E-state index contributed by atoms with van der Waals surface area (Å²) < 4.78 is 17.1. The molecule has 2 amide bonds. The molecule has 0 saturated carbocycles. The quantitative estimate of drug-likeness (QED) is 0.426. The van der Waals surface area contributed by atoms with Gasteiger partial charge in [-0.05, 0) is 49.7 Å². The number of hydrogen-bond donors (Lipinski definition) is 0. The average Bonchev–Trinajstić information content (AvgIpc) is 3.54. The van der Waals surface area contributed by atoms with E-state index in [0.29, 0.717) is 40.3 Å². The molecule has 1 aromatic heterocycles. The van der Waals surface area contributed by atoms with E-state index in [-0.39, 0.29) is 36.0 Å². The van der Waals surface area contributed by atoms with Crippen LogP contribution in [0.2, 0.25) is 0 Å². The number of likely N-dealkylation sites (N-methyl/N-ethyl adjacent to an activating group) is 1. The van der Waals surface area contributed by atoms with Crippen LogP contribution in [-0.4, -0.2) is 30.1 Å². The number of fused-ring (bicyclic) bond motifs is 6. The first kappa shape index (κ1) is 21.7. The van der Waals surface area contributed by atoms with Gasteiger partial charge in [0.25, 0.3) is 11.8 Å². The lowest BCUT2D eigenvalue weighted by Gasteiger charge is -2.34. The second-order valence-corrected chi connectivity index (χ2v) is 9.49. The predicted molar refractivity (Wildman–Crippen MR) is 135 cm³/mol. The first-order valence-electron chi connectivity index (χ1n) is 12.1. The van der Waals surface area contributed by atoms with Gasteiger partial charge in [-0.25, -0.2) is 0 Å². The summed E-state index contributed by atoms with van der Waals surface area (Å²) >= 11 is 0. The van der Waals surface area contributed by atoms with Crippen LogP contribution in [0.3, 0.4) is 0 Å². The van der Waals surface area contributed by atoms with E-state index in [0.717, 1.165) is 11.1 Å². The van der Waals surface area contributed by atoms with E-state index >= 15 is 0 Å². The Bertz CT molecular complexity index is 1720. The summed E-state index contributed by atoms with van der Waals surface area (Å²) in [5.74, 6) is 0.242. The molecule has 8 nitrogen and oxygen atoms in total. The molecule has 3 aliphatic rings. The topological polar surface area (TPSA) is 89.3 Å². The predicted octanol–water partition coefficient (Wildman–Crippen LogP) is 4.10. The van der Waals surface area contributed by atoms with Crippen LogP contribution in [0.4, 0.5) is 5.69 Å². The SMILES string of the molecule is CCN1C(=O)C2(c3ccccc31)c1c(oc3ccc(C)cc3c1=O)C(=O)N2Cc1ccc2c(c1)OCO2. The number of hydrogen-bond acceptors (Lipinski definition) is 6. The van der Waals surface area contributed by atoms with E-state index in [1.165, 1.54) is 4.90 Å². The van der Waals surface area contributed by atoms with Gasteiger partial charge in [-0.15, -0.1) is 0 Å². The first-order chi connectivity index (χ1) is 17.9. The van der Waals surface area contributed by atoms with Gasteiger partial charge in [-0.2, -0.15) is 0 Å². The van der Waals surface area contributed by atoms with Crippen molar-refractivity contribution in [3.05, 3.63) is 98.9 Å². The van der Waals surface area contributed by atoms with Crippen LogP contribution in [-0.2, 0) is 16.9 Å². The molecule has 8 heteroatoms. The van der Waals surface area contributed by atoms with Crippen LogP contribution in [0.25, 0.3) is 11.0 Å². The van der Waals surface area contributed by atoms with Crippen molar-refractivity contribution >= 4 is 28.5 Å². The van der Waals surface area contributed by atoms with Crippen LogP contribution >= 0.6 is 0 Å². The Morgan fingerprint density at radius 3 is 2.59 bits per heavy atom. The molecule has 3 aromatic carbocycles. The molecule has 0 N–H and O–H groups in total. The second-order valence-electron chi connectivity index (χ2n) is 9.49. The van der Waals surface area contributed by atoms with Crippen LogP contribution in [0, 0.1) is 6.92 Å². The van der Waals surface area contributed by atoms with Gasteiger partial charge >= 0.3 is 0 Å². The standard InChI is InChI=1S/C29H22N2O6/c1-3-30-20-7-5-4-6-19(20)29(28(30)34)24-25(32)18-12-16(2)8-10-21(18)37-26(24)27(33)31(29)14-17-9-11-22-23(13-17)36-15-35-22/h4-13H,3,14-15H2,1-2H3. The second kappa shape index (κ2) is 7.46. The Kier molecular flexibility index (Phi) is 4.37. The van der Waals surface area contributed by atoms with Crippen molar-refractivity contribution in [3.8, 4) is 11.5 Å². The third kappa shape index (κ3) is 2.69. The fourth-order valence-corrected chi connectivity index (χ4v) is 5.86. The van der Waals surface area contributed by atoms with Crippen molar-refractivity contribution < 1.29 is 23.5 Å². The number of carbonyl (C=O) groups excluding carboxylic acids is 2. The molecule has 0 saturated heterocycles. The molecular formula is C29H22N2O6. The highest BCUT2D eigenvalue weighted by Gasteiger charge is 2.64. The number of aryl methyl sites for hydroxylation is 1. The molecule has 1 atom stereocenters. The Morgan fingerprint density at radius 1 is 0.946 bits per heavy atom. The summed E-state index contributed by atoms with van der Waals surface area (Å²) in [7, 11) is 0. The van der Waals surface area contributed by atoms with Crippen molar-refractivity contribution in [2.75, 3.05) is 18.2 Å². The molecule has 0 aliphatic carbocycles. The molecule has 0 fully saturated rings. The molecule has 0 bridgehead atoms. The molecule has 3 aliphatic heterocycles. The number of nitrogens with zero attached hydrogens (tertiary/aromatic N) is 2. The molecule has 7 rings (SSSR count). The summed E-state index contributed by atoms with van der Waals surface area (Å²) in [5.41, 5.74) is 1.25. The highest BCUT2D eigenvalue weighted by Crippen LogP contribution is 2.53. The summed E-state index contributed by atoms with van der Waals surface area (Å²) in [6, 6.07) is 18.0. The van der Waals surface area contributed by atoms with Gasteiger partial charge in [0.05, 0.1) is 16.6 Å². The van der Waals surface area contributed by atoms with Crippen molar-refractivity contribution in [2.45, 2.75) is 25.9 Å². The van der Waals surface area contributed by atoms with Crippen molar-refractivity contribution in [1.29, 1.82) is 0 Å². The first-order valence-corrected chi connectivity index (χ1v) is 12.1. The third-order valence-corrected chi connectivity index (χ3v) is 7.49. The summed E-state index contributed by atoms with van der Waals surface area (Å²) in [5, 5.41) is 0.344. The van der Waals surface area contributed by atoms with E-state index in [2.05, 4.69) is 0 Å². The summed E-state index contributed by atoms with van der Waals surface area (Å²) in [4.78, 5) is 45.7. The zero-order valence-electron chi connectivity index (χ0n) is 20.2. The van der Waals surface area contributed by atoms with Gasteiger partial charge in [0.2, 0.25) is 12.6 Å². The van der Waals surface area contributed by atoms with E-state index < -0.39 is 11.4 Å². The minimum absolute atomic E-state index is 0.0616. The van der Waals surface area contributed by atoms with Crippen molar-refractivity contribution in [2.24, 2.45) is 0 Å². The molecule has 4 aromatic rings. The molecule has 184 valence electrons. The molecule has 4 heterocycles. The Morgan fingerprint density at radius 2 is 1.76 bits per heavy atom. The van der Waals surface area contributed by atoms with Crippen molar-refractivity contribution in [1.82, 2.24) is 4.90 Å². The number of ether oxygens (including phenoxy) is 2. The van der Waals surface area contributed by atoms with Gasteiger partial charge in [-0.3, -0.25) is 14.4 Å². The maximum Gasteiger partial charge on any atom is 0.291 e. The maximum atomic E-state index is 14.4. The normalized spacial score (nSPS) is 19.3. The van der Waals surface area contributed by atoms with E-state index in [1.54, 1.807) is 29.2 Å². The van der Waals surface area contributed by atoms with Gasteiger partial charge in [0, 0.05) is 18.7 Å². The Hall–Kier alpha value is -4.59. The highest BCUT2D eigenvalue weighted by molar-refractivity contribution is 6.17. The van der Waals surface area contributed by atoms with Crippen LogP contribution in [0.5, 0.6) is 11.5 Å². The number of anilines is 1. The molecule has 37 heavy (non-hydrogen) atoms. The number of benzene rings is 3.